The molecule has 0 aliphatic carbocycles. The highest BCUT2D eigenvalue weighted by molar-refractivity contribution is 6.60. The van der Waals surface area contributed by atoms with E-state index >= 15 is 0 Å². The van der Waals surface area contributed by atoms with Gasteiger partial charge in [-0.1, -0.05) is 0 Å². The lowest BCUT2D eigenvalue weighted by Gasteiger charge is -2.28. The lowest BCUT2D eigenvalue weighted by molar-refractivity contribution is 0.0692. The Morgan fingerprint density at radius 3 is 1.46 bits per heavy atom. The minimum Gasteiger partial charge on any atom is -0.428 e. The second-order valence-electron chi connectivity index (χ2n) is 4.68. The van der Waals surface area contributed by atoms with Gasteiger partial charge in [-0.05, 0) is 48.0 Å². The number of nitriles is 1. The standard InChI is InChI=1S/C10H21NO4Si.C6H16O3Si/c1-4-13-16(14-5-2,15-6-3)9-7-8-12-10-11;1-4-7-10(8-5-2)9-6-3/h4-9H2,1-3H3;10H,4-6H2,1-3H3. The van der Waals surface area contributed by atoms with Crippen LogP contribution < -0.4 is 0 Å². The molecule has 0 atom stereocenters. The molecule has 26 heavy (non-hydrogen) atoms. The summed E-state index contributed by atoms with van der Waals surface area (Å²) in [5.74, 6) is 0. The van der Waals surface area contributed by atoms with Gasteiger partial charge >= 0.3 is 18.3 Å². The van der Waals surface area contributed by atoms with Gasteiger partial charge in [-0.25, -0.2) is 0 Å². The number of hydrogen-bond acceptors (Lipinski definition) is 8. The van der Waals surface area contributed by atoms with Crippen molar-refractivity contribution in [2.24, 2.45) is 0 Å². The molecule has 0 radical (unpaired) electrons. The highest BCUT2D eigenvalue weighted by Gasteiger charge is 2.39. The molecule has 0 bridgehead atoms. The van der Waals surface area contributed by atoms with Crippen molar-refractivity contribution in [2.45, 2.75) is 54.0 Å². The summed E-state index contributed by atoms with van der Waals surface area (Å²) in [5.41, 5.74) is 0. The zero-order valence-electron chi connectivity index (χ0n) is 17.2. The molecule has 0 aromatic carbocycles. The molecule has 0 aliphatic heterocycles. The Labute approximate surface area is 162 Å². The Bertz CT molecular complexity index is 301. The minimum atomic E-state index is -2.53. The second kappa shape index (κ2) is 20.8. The zero-order valence-corrected chi connectivity index (χ0v) is 19.4. The van der Waals surface area contributed by atoms with Crippen LogP contribution in [0.1, 0.15) is 48.0 Å². The first-order valence-electron chi connectivity index (χ1n) is 9.36. The molecule has 0 aliphatic rings. The van der Waals surface area contributed by atoms with Crippen molar-refractivity contribution < 1.29 is 31.3 Å². The van der Waals surface area contributed by atoms with Crippen molar-refractivity contribution in [1.29, 1.82) is 5.26 Å². The lowest BCUT2D eigenvalue weighted by Crippen LogP contribution is -2.46. The summed E-state index contributed by atoms with van der Waals surface area (Å²) in [5, 5.41) is 8.25. The van der Waals surface area contributed by atoms with Gasteiger partial charge in [0, 0.05) is 45.7 Å². The van der Waals surface area contributed by atoms with Crippen molar-refractivity contribution in [2.75, 3.05) is 46.2 Å². The van der Waals surface area contributed by atoms with Crippen LogP contribution in [0.25, 0.3) is 0 Å². The molecule has 0 unspecified atom stereocenters. The van der Waals surface area contributed by atoms with Gasteiger partial charge in [0.15, 0.2) is 0 Å². The van der Waals surface area contributed by atoms with Crippen LogP contribution in [0.15, 0.2) is 0 Å². The Hall–Kier alpha value is -0.516. The number of ether oxygens (including phenoxy) is 1. The molecular weight excluding hydrogens is 374 g/mol. The van der Waals surface area contributed by atoms with Gasteiger partial charge in [0.05, 0.1) is 0 Å². The Morgan fingerprint density at radius 2 is 1.15 bits per heavy atom. The van der Waals surface area contributed by atoms with Crippen LogP contribution in [0.4, 0.5) is 0 Å². The van der Waals surface area contributed by atoms with E-state index in [0.717, 1.165) is 0 Å². The second-order valence-corrected chi connectivity index (χ2v) is 8.99. The number of hydrogen-bond donors (Lipinski definition) is 0. The van der Waals surface area contributed by atoms with Gasteiger partial charge in [-0.2, -0.15) is 5.26 Å². The van der Waals surface area contributed by atoms with E-state index in [1.165, 1.54) is 0 Å². The van der Waals surface area contributed by atoms with Crippen LogP contribution in [0.2, 0.25) is 6.04 Å². The molecule has 156 valence electrons. The van der Waals surface area contributed by atoms with Crippen LogP contribution >= 0.6 is 0 Å². The quantitative estimate of drug-likeness (QED) is 0.218. The summed E-state index contributed by atoms with van der Waals surface area (Å²) in [7, 11) is -4.27. The summed E-state index contributed by atoms with van der Waals surface area (Å²) in [6.07, 6.45) is 2.35. The molecule has 0 fully saturated rings. The molecular formula is C16H37NO7Si2. The highest BCUT2D eigenvalue weighted by atomic mass is 28.4. The monoisotopic (exact) mass is 411 g/mol. The topological polar surface area (TPSA) is 88.4 Å². The summed E-state index contributed by atoms with van der Waals surface area (Å²) in [6.45, 7) is 15.7. The summed E-state index contributed by atoms with van der Waals surface area (Å²) >= 11 is 0. The van der Waals surface area contributed by atoms with Gasteiger partial charge in [0.1, 0.15) is 6.61 Å². The molecule has 0 amide bonds. The third-order valence-electron chi connectivity index (χ3n) is 2.79. The maximum Gasteiger partial charge on any atom is 0.501 e. The van der Waals surface area contributed by atoms with Crippen molar-refractivity contribution in [3.05, 3.63) is 0 Å². The van der Waals surface area contributed by atoms with E-state index in [4.69, 9.17) is 31.8 Å². The normalized spacial score (nSPS) is 11.0. The van der Waals surface area contributed by atoms with E-state index in [1.54, 1.807) is 6.26 Å². The van der Waals surface area contributed by atoms with Crippen molar-refractivity contribution >= 4 is 18.3 Å². The van der Waals surface area contributed by atoms with Crippen molar-refractivity contribution in [3.63, 3.8) is 0 Å². The van der Waals surface area contributed by atoms with Gasteiger partial charge in [-0.3, -0.25) is 0 Å². The van der Waals surface area contributed by atoms with Crippen LogP contribution in [0.3, 0.4) is 0 Å². The van der Waals surface area contributed by atoms with E-state index in [2.05, 4.69) is 4.74 Å². The Kier molecular flexibility index (Phi) is 22.2. The lowest BCUT2D eigenvalue weighted by atomic mass is 10.5. The van der Waals surface area contributed by atoms with E-state index < -0.39 is 18.3 Å². The average Bonchev–Trinajstić information content (AvgIpc) is 2.61. The maximum absolute atomic E-state index is 8.25. The number of nitrogens with zero attached hydrogens (tertiary/aromatic N) is 1. The fourth-order valence-electron chi connectivity index (χ4n) is 1.96. The van der Waals surface area contributed by atoms with Gasteiger partial charge in [0.25, 0.3) is 6.26 Å². The molecule has 0 saturated heterocycles. The van der Waals surface area contributed by atoms with Gasteiger partial charge in [0.2, 0.25) is 0 Å². The predicted octanol–water partition coefficient (Wildman–Crippen LogP) is 2.74. The first-order valence-corrected chi connectivity index (χ1v) is 12.7. The first-order chi connectivity index (χ1) is 12.6. The molecule has 10 heteroatoms. The molecule has 0 aromatic rings. The smallest absolute Gasteiger partial charge is 0.428 e. The van der Waals surface area contributed by atoms with E-state index in [9.17, 15) is 0 Å². The molecule has 0 aromatic heterocycles. The minimum absolute atomic E-state index is 0.387. The maximum atomic E-state index is 8.25. The SMILES string of the molecule is CCO[SiH](OCC)OCC.CCO[Si](CCCOC#N)(OCC)OCC. The highest BCUT2D eigenvalue weighted by Crippen LogP contribution is 2.18. The fraction of sp³-hybridized carbons (Fsp3) is 0.938. The van der Waals surface area contributed by atoms with Crippen molar-refractivity contribution in [3.8, 4) is 6.26 Å². The molecule has 0 N–H and O–H groups in total. The van der Waals surface area contributed by atoms with E-state index in [1.807, 2.05) is 41.5 Å². The molecule has 0 saturated carbocycles. The summed E-state index contributed by atoms with van der Waals surface area (Å²) < 4.78 is 37.2. The van der Waals surface area contributed by atoms with Gasteiger partial charge in [-0.15, -0.1) is 0 Å². The van der Waals surface area contributed by atoms with Crippen LogP contribution in [-0.2, 0) is 31.3 Å². The third-order valence-corrected chi connectivity index (χ3v) is 7.76. The fourth-order valence-corrected chi connectivity index (χ4v) is 5.65. The third kappa shape index (κ3) is 15.7. The molecule has 0 rings (SSSR count). The summed E-state index contributed by atoms with van der Waals surface area (Å²) in [6, 6.07) is 0.685. The summed E-state index contributed by atoms with van der Waals surface area (Å²) in [4.78, 5) is 0. The Morgan fingerprint density at radius 1 is 0.731 bits per heavy atom. The van der Waals surface area contributed by atoms with Gasteiger partial charge < -0.3 is 31.3 Å². The first kappa shape index (κ1) is 27.7. The van der Waals surface area contributed by atoms with Crippen LogP contribution in [0.5, 0.6) is 0 Å². The van der Waals surface area contributed by atoms with E-state index in [0.29, 0.717) is 58.7 Å². The van der Waals surface area contributed by atoms with Crippen LogP contribution in [-0.4, -0.2) is 64.6 Å². The molecule has 0 spiro atoms. The predicted molar refractivity (Wildman–Crippen MR) is 104 cm³/mol. The van der Waals surface area contributed by atoms with Crippen molar-refractivity contribution in [1.82, 2.24) is 0 Å². The van der Waals surface area contributed by atoms with Crippen LogP contribution in [0, 0.1) is 11.5 Å². The largest absolute Gasteiger partial charge is 0.501 e. The zero-order chi connectivity index (χ0) is 20.1. The van der Waals surface area contributed by atoms with E-state index in [-0.39, 0.29) is 0 Å². The number of rotatable bonds is 16. The average molecular weight is 412 g/mol. The molecule has 0 heterocycles. The molecule has 8 nitrogen and oxygen atoms in total. The Balaban J connectivity index is 0.